The first-order chi connectivity index (χ1) is 9.90. The van der Waals surface area contributed by atoms with Gasteiger partial charge in [0.05, 0.1) is 5.56 Å². The Morgan fingerprint density at radius 2 is 2.05 bits per heavy atom. The highest BCUT2D eigenvalue weighted by Crippen LogP contribution is 2.28. The molecule has 0 fully saturated rings. The summed E-state index contributed by atoms with van der Waals surface area (Å²) in [7, 11) is 0. The van der Waals surface area contributed by atoms with Crippen molar-refractivity contribution >= 4 is 17.7 Å². The first kappa shape index (κ1) is 15.4. The van der Waals surface area contributed by atoms with Gasteiger partial charge >= 0.3 is 5.97 Å². The van der Waals surface area contributed by atoms with E-state index in [-0.39, 0.29) is 16.9 Å². The van der Waals surface area contributed by atoms with Crippen molar-refractivity contribution in [2.75, 3.05) is 0 Å². The van der Waals surface area contributed by atoms with Crippen molar-refractivity contribution in [2.45, 2.75) is 24.6 Å². The number of carboxylic acid groups (broad SMARTS) is 1. The normalized spacial score (nSPS) is 10.7. The lowest BCUT2D eigenvalue weighted by molar-refractivity contribution is 0.0691. The van der Waals surface area contributed by atoms with Crippen molar-refractivity contribution in [3.05, 3.63) is 58.3 Å². The third-order valence-corrected chi connectivity index (χ3v) is 3.95. The van der Waals surface area contributed by atoms with Gasteiger partial charge in [0.15, 0.2) is 11.6 Å². The predicted molar refractivity (Wildman–Crippen MR) is 76.6 cm³/mol. The molecule has 0 amide bonds. The number of pyridine rings is 1. The summed E-state index contributed by atoms with van der Waals surface area (Å²) >= 11 is 1.08. The molecule has 0 bridgehead atoms. The van der Waals surface area contributed by atoms with E-state index in [4.69, 9.17) is 0 Å². The van der Waals surface area contributed by atoms with Gasteiger partial charge in [-0.2, -0.15) is 0 Å². The van der Waals surface area contributed by atoms with Gasteiger partial charge in [0.2, 0.25) is 0 Å². The van der Waals surface area contributed by atoms with Crippen LogP contribution in [0.2, 0.25) is 0 Å². The second kappa shape index (κ2) is 6.22. The van der Waals surface area contributed by atoms with Crippen LogP contribution >= 0.6 is 11.8 Å². The van der Waals surface area contributed by atoms with E-state index in [0.717, 1.165) is 17.8 Å². The Kier molecular flexibility index (Phi) is 4.57. The number of aromatic nitrogens is 1. The van der Waals surface area contributed by atoms with Crippen LogP contribution in [-0.2, 0) is 5.75 Å². The van der Waals surface area contributed by atoms with Crippen molar-refractivity contribution in [2.24, 2.45) is 0 Å². The van der Waals surface area contributed by atoms with Gasteiger partial charge in [-0.1, -0.05) is 12.1 Å². The average Bonchev–Trinajstić information content (AvgIpc) is 2.39. The van der Waals surface area contributed by atoms with Crippen LogP contribution in [0.25, 0.3) is 0 Å². The van der Waals surface area contributed by atoms with Gasteiger partial charge in [-0.15, -0.1) is 11.8 Å². The fourth-order valence-electron chi connectivity index (χ4n) is 1.97. The van der Waals surface area contributed by atoms with Gasteiger partial charge in [-0.05, 0) is 31.5 Å². The second-order valence-corrected chi connectivity index (χ2v) is 5.53. The summed E-state index contributed by atoms with van der Waals surface area (Å²) in [6.45, 7) is 3.44. The Morgan fingerprint density at radius 1 is 1.33 bits per heavy atom. The van der Waals surface area contributed by atoms with Gasteiger partial charge in [0, 0.05) is 17.0 Å². The number of hydrogen-bond acceptors (Lipinski definition) is 3. The number of aryl methyl sites for hydroxylation is 2. The molecule has 0 unspecified atom stereocenters. The zero-order valence-electron chi connectivity index (χ0n) is 11.5. The van der Waals surface area contributed by atoms with Gasteiger partial charge in [0.25, 0.3) is 0 Å². The van der Waals surface area contributed by atoms with Crippen LogP contribution in [0.15, 0.2) is 29.3 Å². The minimum absolute atomic E-state index is 0.0995. The Bertz CT molecular complexity index is 704. The van der Waals surface area contributed by atoms with E-state index in [1.165, 1.54) is 12.1 Å². The molecular weight excluding hydrogens is 296 g/mol. The molecule has 2 rings (SSSR count). The number of thioether (sulfide) groups is 1. The molecule has 0 saturated heterocycles. The second-order valence-electron chi connectivity index (χ2n) is 4.57. The van der Waals surface area contributed by atoms with Gasteiger partial charge < -0.3 is 5.11 Å². The summed E-state index contributed by atoms with van der Waals surface area (Å²) in [5.41, 5.74) is 1.55. The van der Waals surface area contributed by atoms with Crippen LogP contribution in [0.5, 0.6) is 0 Å². The largest absolute Gasteiger partial charge is 0.478 e. The van der Waals surface area contributed by atoms with E-state index in [1.54, 1.807) is 19.9 Å². The van der Waals surface area contributed by atoms with Crippen molar-refractivity contribution in [3.8, 4) is 0 Å². The molecule has 110 valence electrons. The minimum atomic E-state index is -1.08. The summed E-state index contributed by atoms with van der Waals surface area (Å²) in [5, 5.41) is 9.55. The third-order valence-electron chi connectivity index (χ3n) is 2.92. The zero-order valence-corrected chi connectivity index (χ0v) is 12.3. The number of rotatable bonds is 4. The van der Waals surface area contributed by atoms with Crippen molar-refractivity contribution in [1.29, 1.82) is 0 Å². The van der Waals surface area contributed by atoms with E-state index in [0.29, 0.717) is 16.3 Å². The molecule has 6 heteroatoms. The molecule has 1 N–H and O–H groups in total. The molecule has 3 nitrogen and oxygen atoms in total. The molecular formula is C15H13F2NO2S. The Hall–Kier alpha value is -1.95. The van der Waals surface area contributed by atoms with E-state index >= 15 is 0 Å². The minimum Gasteiger partial charge on any atom is -0.478 e. The number of benzene rings is 1. The molecule has 1 heterocycles. The van der Waals surface area contributed by atoms with Crippen LogP contribution in [0.1, 0.15) is 27.2 Å². The highest BCUT2D eigenvalue weighted by atomic mass is 32.2. The number of hydrogen-bond donors (Lipinski definition) is 1. The molecule has 0 aliphatic carbocycles. The number of carbonyl (C=O) groups is 1. The first-order valence-corrected chi connectivity index (χ1v) is 7.16. The van der Waals surface area contributed by atoms with Crippen molar-refractivity contribution < 1.29 is 18.7 Å². The maximum atomic E-state index is 13.6. The maximum absolute atomic E-state index is 13.6. The van der Waals surface area contributed by atoms with E-state index < -0.39 is 17.6 Å². The molecule has 1 aromatic carbocycles. The van der Waals surface area contributed by atoms with Crippen LogP contribution in [0.3, 0.4) is 0 Å². The molecule has 0 atom stereocenters. The lowest BCUT2D eigenvalue weighted by atomic mass is 10.1. The summed E-state index contributed by atoms with van der Waals surface area (Å²) in [6, 6.07) is 5.60. The molecule has 0 saturated carbocycles. The average molecular weight is 309 g/mol. The number of aromatic carboxylic acids is 1. The first-order valence-electron chi connectivity index (χ1n) is 6.17. The quantitative estimate of drug-likeness (QED) is 0.868. The monoisotopic (exact) mass is 309 g/mol. The number of carboxylic acids is 1. The van der Waals surface area contributed by atoms with Crippen molar-refractivity contribution in [1.82, 2.24) is 4.98 Å². The molecule has 0 spiro atoms. The molecule has 1 aromatic heterocycles. The fourth-order valence-corrected chi connectivity index (χ4v) is 3.09. The van der Waals surface area contributed by atoms with Crippen LogP contribution in [-0.4, -0.2) is 16.1 Å². The lowest BCUT2D eigenvalue weighted by Gasteiger charge is -2.10. The van der Waals surface area contributed by atoms with Crippen LogP contribution in [0, 0.1) is 25.5 Å². The van der Waals surface area contributed by atoms with Crippen LogP contribution < -0.4 is 0 Å². The van der Waals surface area contributed by atoms with Gasteiger partial charge in [0.1, 0.15) is 5.03 Å². The molecule has 0 aliphatic heterocycles. The number of halogens is 2. The molecule has 21 heavy (non-hydrogen) atoms. The highest BCUT2D eigenvalue weighted by Gasteiger charge is 2.17. The van der Waals surface area contributed by atoms with Crippen LogP contribution in [0.4, 0.5) is 8.78 Å². The standard InChI is InChI=1S/C15H13F2NO2S/c1-8-6-9(2)18-14(12(8)15(19)20)21-7-10-4-3-5-11(16)13(10)17/h3-6H,7H2,1-2H3,(H,19,20). The van der Waals surface area contributed by atoms with E-state index in [9.17, 15) is 18.7 Å². The number of nitrogens with zero attached hydrogens (tertiary/aromatic N) is 1. The van der Waals surface area contributed by atoms with Gasteiger partial charge in [-0.25, -0.2) is 18.6 Å². The van der Waals surface area contributed by atoms with E-state index in [1.807, 2.05) is 0 Å². The molecule has 0 radical (unpaired) electrons. The van der Waals surface area contributed by atoms with Gasteiger partial charge in [-0.3, -0.25) is 0 Å². The lowest BCUT2D eigenvalue weighted by Crippen LogP contribution is -2.05. The van der Waals surface area contributed by atoms with Crippen molar-refractivity contribution in [3.63, 3.8) is 0 Å². The summed E-state index contributed by atoms with van der Waals surface area (Å²) in [6.07, 6.45) is 0. The molecule has 0 aliphatic rings. The Balaban J connectivity index is 2.32. The highest BCUT2D eigenvalue weighted by molar-refractivity contribution is 7.98. The van der Waals surface area contributed by atoms with E-state index in [2.05, 4.69) is 4.98 Å². The smallest absolute Gasteiger partial charge is 0.338 e. The third kappa shape index (κ3) is 3.39. The summed E-state index contributed by atoms with van der Waals surface area (Å²) in [4.78, 5) is 15.5. The Labute approximate surface area is 125 Å². The zero-order chi connectivity index (χ0) is 15.6. The fraction of sp³-hybridized carbons (Fsp3) is 0.200. The Morgan fingerprint density at radius 3 is 2.71 bits per heavy atom. The predicted octanol–water partition coefficient (Wildman–Crippen LogP) is 3.97. The topological polar surface area (TPSA) is 50.2 Å². The summed E-state index contributed by atoms with van der Waals surface area (Å²) in [5.74, 6) is -2.80. The SMILES string of the molecule is Cc1cc(C)c(C(=O)O)c(SCc2cccc(F)c2F)n1. The molecule has 2 aromatic rings. The maximum Gasteiger partial charge on any atom is 0.338 e. The summed E-state index contributed by atoms with van der Waals surface area (Å²) < 4.78 is 26.7.